The molecule has 3 aromatic carbocycles. The topological polar surface area (TPSA) is 114 Å². The van der Waals surface area contributed by atoms with Crippen molar-refractivity contribution in [2.45, 2.75) is 0 Å². The van der Waals surface area contributed by atoms with Crippen LogP contribution < -0.4 is 14.2 Å². The van der Waals surface area contributed by atoms with Crippen LogP contribution in [0.2, 0.25) is 0 Å². The Morgan fingerprint density at radius 2 is 0.818 bits per heavy atom. The SMILES string of the molecule is COC(=O)c1ccccc1OC(=O)Oc1ccccc1C(=O)Oc1ccccc1C(=O)OC. The molecule has 0 aliphatic heterocycles. The highest BCUT2D eigenvalue weighted by Gasteiger charge is 2.22. The Bertz CT molecular complexity index is 1200. The number of methoxy groups -OCH3 is 2. The van der Waals surface area contributed by atoms with Gasteiger partial charge in [-0.25, -0.2) is 19.2 Å². The van der Waals surface area contributed by atoms with Crippen LogP contribution in [0, 0.1) is 0 Å². The molecule has 0 amide bonds. The monoisotopic (exact) mass is 450 g/mol. The number of ether oxygens (including phenoxy) is 5. The van der Waals surface area contributed by atoms with Crippen molar-refractivity contribution in [3.05, 3.63) is 89.5 Å². The lowest BCUT2D eigenvalue weighted by Crippen LogP contribution is -2.19. The Balaban J connectivity index is 1.79. The second kappa shape index (κ2) is 10.6. The number of hydrogen-bond acceptors (Lipinski definition) is 9. The van der Waals surface area contributed by atoms with Gasteiger partial charge in [0.05, 0.1) is 14.2 Å². The Labute approximate surface area is 188 Å². The first-order chi connectivity index (χ1) is 15.9. The highest BCUT2D eigenvalue weighted by atomic mass is 16.7. The molecule has 0 fully saturated rings. The summed E-state index contributed by atoms with van der Waals surface area (Å²) in [6.07, 6.45) is -1.19. The van der Waals surface area contributed by atoms with E-state index in [9.17, 15) is 19.2 Å². The zero-order valence-corrected chi connectivity index (χ0v) is 17.6. The average Bonchev–Trinajstić information content (AvgIpc) is 2.84. The lowest BCUT2D eigenvalue weighted by molar-refractivity contribution is 0.0584. The van der Waals surface area contributed by atoms with Crippen LogP contribution >= 0.6 is 0 Å². The summed E-state index contributed by atoms with van der Waals surface area (Å²) < 4.78 is 24.9. The van der Waals surface area contributed by atoms with Crippen molar-refractivity contribution in [1.82, 2.24) is 0 Å². The molecule has 0 aromatic heterocycles. The molecule has 0 saturated carbocycles. The van der Waals surface area contributed by atoms with Gasteiger partial charge >= 0.3 is 24.1 Å². The molecule has 0 heterocycles. The average molecular weight is 450 g/mol. The number of rotatable bonds is 6. The van der Waals surface area contributed by atoms with Gasteiger partial charge in [0.2, 0.25) is 0 Å². The number of esters is 3. The Hall–Kier alpha value is -4.66. The Morgan fingerprint density at radius 3 is 1.21 bits per heavy atom. The van der Waals surface area contributed by atoms with Crippen LogP contribution in [-0.4, -0.2) is 38.3 Å². The molecule has 9 nitrogen and oxygen atoms in total. The maximum atomic E-state index is 12.8. The molecule has 0 radical (unpaired) electrons. The Morgan fingerprint density at radius 1 is 0.485 bits per heavy atom. The molecule has 33 heavy (non-hydrogen) atoms. The fourth-order valence-corrected chi connectivity index (χ4v) is 2.75. The lowest BCUT2D eigenvalue weighted by atomic mass is 10.2. The van der Waals surface area contributed by atoms with Crippen molar-refractivity contribution in [3.8, 4) is 17.2 Å². The summed E-state index contributed by atoms with van der Waals surface area (Å²) >= 11 is 0. The molecule has 0 saturated heterocycles. The van der Waals surface area contributed by atoms with Gasteiger partial charge in [0, 0.05) is 0 Å². The van der Waals surface area contributed by atoms with E-state index in [-0.39, 0.29) is 33.9 Å². The van der Waals surface area contributed by atoms with E-state index in [1.54, 1.807) is 24.3 Å². The summed E-state index contributed by atoms with van der Waals surface area (Å²) in [6, 6.07) is 17.7. The minimum atomic E-state index is -1.19. The fourth-order valence-electron chi connectivity index (χ4n) is 2.75. The van der Waals surface area contributed by atoms with E-state index in [0.29, 0.717) is 0 Å². The lowest BCUT2D eigenvalue weighted by Gasteiger charge is -2.12. The van der Waals surface area contributed by atoms with E-state index >= 15 is 0 Å². The molecule has 0 bridgehead atoms. The minimum Gasteiger partial charge on any atom is -0.465 e. The first-order valence-corrected chi connectivity index (χ1v) is 9.50. The van der Waals surface area contributed by atoms with Crippen molar-refractivity contribution in [3.63, 3.8) is 0 Å². The summed E-state index contributed by atoms with van der Waals surface area (Å²) in [5.74, 6) is -2.54. The van der Waals surface area contributed by atoms with Crippen LogP contribution in [0.15, 0.2) is 72.8 Å². The molecule has 0 atom stereocenters. The van der Waals surface area contributed by atoms with Crippen molar-refractivity contribution in [2.24, 2.45) is 0 Å². The van der Waals surface area contributed by atoms with Gasteiger partial charge in [0.25, 0.3) is 0 Å². The second-order valence-electron chi connectivity index (χ2n) is 6.32. The van der Waals surface area contributed by atoms with Gasteiger partial charge in [0.1, 0.15) is 33.9 Å². The first-order valence-electron chi connectivity index (χ1n) is 9.50. The van der Waals surface area contributed by atoms with E-state index in [1.807, 2.05) is 0 Å². The standard InChI is InChI=1S/C24H18O9/c1-29-21(25)15-9-3-6-12-18(15)31-23(27)17-11-5-8-14-20(17)33-24(28)32-19-13-7-4-10-16(19)22(26)30-2/h3-14H,1-2H3. The molecular formula is C24H18O9. The number of benzene rings is 3. The summed E-state index contributed by atoms with van der Waals surface area (Å²) in [4.78, 5) is 48.8. The van der Waals surface area contributed by atoms with Crippen LogP contribution in [0.3, 0.4) is 0 Å². The zero-order chi connectivity index (χ0) is 23.8. The molecule has 3 aromatic rings. The molecule has 168 valence electrons. The summed E-state index contributed by atoms with van der Waals surface area (Å²) in [7, 11) is 2.39. The summed E-state index contributed by atoms with van der Waals surface area (Å²) in [5.41, 5.74) is -0.0370. The van der Waals surface area contributed by atoms with Crippen molar-refractivity contribution >= 4 is 24.1 Å². The predicted molar refractivity (Wildman–Crippen MR) is 114 cm³/mol. The molecule has 0 aliphatic rings. The van der Waals surface area contributed by atoms with E-state index in [0.717, 1.165) is 0 Å². The van der Waals surface area contributed by atoms with Gasteiger partial charge in [0.15, 0.2) is 0 Å². The normalized spacial score (nSPS) is 10.0. The number of para-hydroxylation sites is 3. The number of carbonyl (C=O) groups is 4. The Kier molecular flexibility index (Phi) is 7.38. The molecule has 0 aliphatic carbocycles. The fraction of sp³-hybridized carbons (Fsp3) is 0.0833. The van der Waals surface area contributed by atoms with Gasteiger partial charge in [-0.1, -0.05) is 36.4 Å². The zero-order valence-electron chi connectivity index (χ0n) is 17.6. The van der Waals surface area contributed by atoms with Gasteiger partial charge in [-0.2, -0.15) is 0 Å². The largest absolute Gasteiger partial charge is 0.519 e. The molecular weight excluding hydrogens is 432 g/mol. The third-order valence-corrected chi connectivity index (χ3v) is 4.28. The van der Waals surface area contributed by atoms with Gasteiger partial charge in [-0.15, -0.1) is 0 Å². The maximum absolute atomic E-state index is 12.8. The van der Waals surface area contributed by atoms with Gasteiger partial charge < -0.3 is 23.7 Å². The summed E-state index contributed by atoms with van der Waals surface area (Å²) in [5, 5.41) is 0. The van der Waals surface area contributed by atoms with Crippen molar-refractivity contribution < 1.29 is 42.9 Å². The number of carbonyl (C=O) groups excluding carboxylic acids is 4. The molecule has 3 rings (SSSR count). The minimum absolute atomic E-state index is 0.0177. The molecule has 0 N–H and O–H groups in total. The second-order valence-corrected chi connectivity index (χ2v) is 6.32. The maximum Gasteiger partial charge on any atom is 0.519 e. The smallest absolute Gasteiger partial charge is 0.465 e. The summed E-state index contributed by atoms with van der Waals surface area (Å²) in [6.45, 7) is 0. The quantitative estimate of drug-likeness (QED) is 0.311. The van der Waals surface area contributed by atoms with Crippen LogP contribution in [0.5, 0.6) is 17.2 Å². The van der Waals surface area contributed by atoms with Gasteiger partial charge in [-0.3, -0.25) is 0 Å². The third kappa shape index (κ3) is 5.53. The highest BCUT2D eigenvalue weighted by molar-refractivity contribution is 5.98. The van der Waals surface area contributed by atoms with Crippen molar-refractivity contribution in [2.75, 3.05) is 14.2 Å². The molecule has 0 unspecified atom stereocenters. The van der Waals surface area contributed by atoms with Gasteiger partial charge in [-0.05, 0) is 36.4 Å². The third-order valence-electron chi connectivity index (χ3n) is 4.28. The number of hydrogen-bond donors (Lipinski definition) is 0. The van der Waals surface area contributed by atoms with Crippen LogP contribution in [0.25, 0.3) is 0 Å². The molecule has 0 spiro atoms. The van der Waals surface area contributed by atoms with E-state index in [2.05, 4.69) is 9.47 Å². The van der Waals surface area contributed by atoms with Crippen LogP contribution in [0.4, 0.5) is 4.79 Å². The predicted octanol–water partition coefficient (Wildman–Crippen LogP) is 4.06. The van der Waals surface area contributed by atoms with Crippen molar-refractivity contribution in [1.29, 1.82) is 0 Å². The van der Waals surface area contributed by atoms with Crippen LogP contribution in [-0.2, 0) is 9.47 Å². The molecule has 9 heteroatoms. The van der Waals surface area contributed by atoms with E-state index < -0.39 is 24.1 Å². The first kappa shape index (κ1) is 23.0. The van der Waals surface area contributed by atoms with E-state index in [1.165, 1.54) is 62.8 Å². The van der Waals surface area contributed by atoms with Crippen LogP contribution in [0.1, 0.15) is 31.1 Å². The van der Waals surface area contributed by atoms with E-state index in [4.69, 9.17) is 14.2 Å². The highest BCUT2D eigenvalue weighted by Crippen LogP contribution is 2.25.